The molecule has 7 nitrogen and oxygen atoms in total. The van der Waals surface area contributed by atoms with Gasteiger partial charge < -0.3 is 19.9 Å². The molecular weight excluding hydrogens is 374 g/mol. The molecule has 0 aromatic heterocycles. The largest absolute Gasteiger partial charge is 0.460 e. The van der Waals surface area contributed by atoms with Gasteiger partial charge >= 0.3 is 11.9 Å². The first kappa shape index (κ1) is 21.8. The molecule has 0 spiro atoms. The van der Waals surface area contributed by atoms with Gasteiger partial charge in [0.1, 0.15) is 24.4 Å². The number of amides is 1. The van der Waals surface area contributed by atoms with Crippen molar-refractivity contribution in [2.75, 3.05) is 6.61 Å². The van der Waals surface area contributed by atoms with Crippen molar-refractivity contribution in [3.8, 4) is 0 Å². The molecule has 7 heteroatoms. The summed E-state index contributed by atoms with van der Waals surface area (Å²) in [7, 11) is 0. The Kier molecular flexibility index (Phi) is 5.35. The number of fused-ring (bicyclic) bond motifs is 3. The van der Waals surface area contributed by atoms with Gasteiger partial charge in [0.05, 0.1) is 5.57 Å². The van der Waals surface area contributed by atoms with E-state index in [-0.39, 0.29) is 35.3 Å². The van der Waals surface area contributed by atoms with Gasteiger partial charge in [-0.1, -0.05) is 40.7 Å². The second-order valence-electron chi connectivity index (χ2n) is 10.0. The average molecular weight is 408 g/mol. The fourth-order valence-corrected chi connectivity index (χ4v) is 5.67. The molecular formula is C22H33NO6. The standard InChI is InChI=1S/C22H33NO6/c1-12(2)17(23-13(3)24)19(26)29-16-9-10-20(4,5)15-8-7-14-18(25)28-11-22(14,27)21(15,16)6/h7,12,15-17,27H,8-11H2,1-6H3,(H,23,24)/t15-,16-,17?,21+,22?/m1/s1. The lowest BCUT2D eigenvalue weighted by Crippen LogP contribution is -2.66. The van der Waals surface area contributed by atoms with E-state index in [1.54, 1.807) is 6.08 Å². The molecule has 1 aliphatic heterocycles. The summed E-state index contributed by atoms with van der Waals surface area (Å²) in [5, 5.41) is 14.3. The Morgan fingerprint density at radius 1 is 1.31 bits per heavy atom. The van der Waals surface area contributed by atoms with Crippen molar-refractivity contribution in [1.29, 1.82) is 0 Å². The van der Waals surface area contributed by atoms with Crippen LogP contribution in [-0.2, 0) is 23.9 Å². The molecule has 0 aromatic rings. The summed E-state index contributed by atoms with van der Waals surface area (Å²) >= 11 is 0. The van der Waals surface area contributed by atoms with Crippen LogP contribution in [0.4, 0.5) is 0 Å². The number of allylic oxidation sites excluding steroid dienone is 1. The molecule has 29 heavy (non-hydrogen) atoms. The van der Waals surface area contributed by atoms with Crippen LogP contribution in [0.5, 0.6) is 0 Å². The first-order valence-corrected chi connectivity index (χ1v) is 10.4. The van der Waals surface area contributed by atoms with Crippen LogP contribution in [0, 0.1) is 22.7 Å². The minimum Gasteiger partial charge on any atom is -0.460 e. The molecule has 2 aliphatic carbocycles. The average Bonchev–Trinajstić information content (AvgIpc) is 2.91. The summed E-state index contributed by atoms with van der Waals surface area (Å²) in [5.74, 6) is -1.45. The third kappa shape index (κ3) is 3.27. The number of ether oxygens (including phenoxy) is 2. The molecule has 1 heterocycles. The first-order valence-electron chi connectivity index (χ1n) is 10.4. The zero-order chi connectivity index (χ0) is 21.8. The second kappa shape index (κ2) is 7.11. The van der Waals surface area contributed by atoms with E-state index >= 15 is 0 Å². The van der Waals surface area contributed by atoms with Crippen molar-refractivity contribution in [2.24, 2.45) is 22.7 Å². The number of rotatable bonds is 4. The summed E-state index contributed by atoms with van der Waals surface area (Å²) in [6.07, 6.45) is 3.21. The van der Waals surface area contributed by atoms with Crippen LogP contribution in [0.3, 0.4) is 0 Å². The lowest BCUT2D eigenvalue weighted by molar-refractivity contribution is -0.217. The van der Waals surface area contributed by atoms with Crippen LogP contribution in [0.2, 0.25) is 0 Å². The van der Waals surface area contributed by atoms with E-state index in [4.69, 9.17) is 9.47 Å². The van der Waals surface area contributed by atoms with Crippen LogP contribution in [-0.4, -0.2) is 47.3 Å². The number of carbonyl (C=O) groups is 3. The smallest absolute Gasteiger partial charge is 0.336 e. The van der Waals surface area contributed by atoms with Crippen LogP contribution < -0.4 is 5.32 Å². The number of hydrogen-bond donors (Lipinski definition) is 2. The summed E-state index contributed by atoms with van der Waals surface area (Å²) in [4.78, 5) is 36.8. The number of esters is 2. The molecule has 1 saturated carbocycles. The van der Waals surface area contributed by atoms with Crippen LogP contribution in [0.25, 0.3) is 0 Å². The normalized spacial score (nSPS) is 36.4. The van der Waals surface area contributed by atoms with Crippen molar-refractivity contribution in [3.63, 3.8) is 0 Å². The summed E-state index contributed by atoms with van der Waals surface area (Å²) in [6.45, 7) is 11.1. The first-order chi connectivity index (χ1) is 13.3. The van der Waals surface area contributed by atoms with Crippen molar-refractivity contribution in [2.45, 2.75) is 78.6 Å². The van der Waals surface area contributed by atoms with E-state index in [0.717, 1.165) is 6.42 Å². The van der Waals surface area contributed by atoms with Crippen LogP contribution in [0.15, 0.2) is 11.6 Å². The van der Waals surface area contributed by atoms with E-state index in [0.29, 0.717) is 12.8 Å². The molecule has 0 radical (unpaired) electrons. The number of nitrogens with one attached hydrogen (secondary N) is 1. The van der Waals surface area contributed by atoms with Crippen molar-refractivity contribution in [3.05, 3.63) is 11.6 Å². The molecule has 0 aromatic carbocycles. The van der Waals surface area contributed by atoms with Gasteiger partial charge in [0.2, 0.25) is 5.91 Å². The van der Waals surface area contributed by atoms with Gasteiger partial charge in [-0.2, -0.15) is 0 Å². The molecule has 2 N–H and O–H groups in total. The SMILES string of the molecule is CC(=O)NC(C(=O)O[C@@H]1CCC(C)(C)[C@H]2CC=C3C(=O)OCC3(O)[C@@]21C)C(C)C. The third-order valence-corrected chi connectivity index (χ3v) is 7.45. The lowest BCUT2D eigenvalue weighted by Gasteiger charge is -2.60. The highest BCUT2D eigenvalue weighted by Crippen LogP contribution is 2.63. The third-order valence-electron chi connectivity index (χ3n) is 7.45. The number of aliphatic hydroxyl groups is 1. The predicted molar refractivity (Wildman–Crippen MR) is 106 cm³/mol. The molecule has 162 valence electrons. The second-order valence-corrected chi connectivity index (χ2v) is 10.0. The minimum atomic E-state index is -1.50. The lowest BCUT2D eigenvalue weighted by atomic mass is 9.46. The van der Waals surface area contributed by atoms with E-state index in [1.165, 1.54) is 6.92 Å². The van der Waals surface area contributed by atoms with Gasteiger partial charge in [-0.05, 0) is 36.5 Å². The molecule has 2 unspecified atom stereocenters. The monoisotopic (exact) mass is 407 g/mol. The summed E-state index contributed by atoms with van der Waals surface area (Å²) in [5.41, 5.74) is -2.21. The fourth-order valence-electron chi connectivity index (χ4n) is 5.67. The fraction of sp³-hybridized carbons (Fsp3) is 0.773. The number of hydrogen-bond acceptors (Lipinski definition) is 6. The zero-order valence-corrected chi connectivity index (χ0v) is 18.2. The van der Waals surface area contributed by atoms with Crippen molar-refractivity contribution >= 4 is 17.8 Å². The van der Waals surface area contributed by atoms with Crippen molar-refractivity contribution in [1.82, 2.24) is 5.32 Å². The van der Waals surface area contributed by atoms with Gasteiger partial charge in [-0.3, -0.25) is 4.79 Å². The maximum absolute atomic E-state index is 13.0. The topological polar surface area (TPSA) is 102 Å². The summed E-state index contributed by atoms with van der Waals surface area (Å²) in [6, 6.07) is -0.765. The quantitative estimate of drug-likeness (QED) is 0.692. The van der Waals surface area contributed by atoms with E-state index in [9.17, 15) is 19.5 Å². The Bertz CT molecular complexity index is 756. The van der Waals surface area contributed by atoms with Gasteiger partial charge in [0.25, 0.3) is 0 Å². The molecule has 3 aliphatic rings. The van der Waals surface area contributed by atoms with E-state index in [2.05, 4.69) is 19.2 Å². The highest BCUT2D eigenvalue weighted by atomic mass is 16.6. The van der Waals surface area contributed by atoms with Crippen LogP contribution in [0.1, 0.15) is 60.8 Å². The Balaban J connectivity index is 1.97. The maximum Gasteiger partial charge on any atom is 0.336 e. The number of carbonyl (C=O) groups excluding carboxylic acids is 3. The molecule has 3 rings (SSSR count). The van der Waals surface area contributed by atoms with Crippen molar-refractivity contribution < 1.29 is 29.0 Å². The van der Waals surface area contributed by atoms with Gasteiger partial charge in [-0.25, -0.2) is 9.59 Å². The highest BCUT2D eigenvalue weighted by molar-refractivity contribution is 5.94. The molecule has 1 amide bonds. The van der Waals surface area contributed by atoms with Gasteiger partial charge in [0.15, 0.2) is 0 Å². The highest BCUT2D eigenvalue weighted by Gasteiger charge is 2.69. The maximum atomic E-state index is 13.0. The van der Waals surface area contributed by atoms with Crippen LogP contribution >= 0.6 is 0 Å². The van der Waals surface area contributed by atoms with Gasteiger partial charge in [0, 0.05) is 12.3 Å². The molecule has 5 atom stereocenters. The summed E-state index contributed by atoms with van der Waals surface area (Å²) < 4.78 is 11.2. The zero-order valence-electron chi connectivity index (χ0n) is 18.2. The minimum absolute atomic E-state index is 0.00284. The molecule has 1 saturated heterocycles. The number of cyclic esters (lactones) is 1. The van der Waals surface area contributed by atoms with Gasteiger partial charge in [-0.15, -0.1) is 0 Å². The Hall–Kier alpha value is -1.89. The van der Waals surface area contributed by atoms with E-state index in [1.807, 2.05) is 20.8 Å². The van der Waals surface area contributed by atoms with E-state index < -0.39 is 35.1 Å². The molecule has 2 fully saturated rings. The predicted octanol–water partition coefficient (Wildman–Crippen LogP) is 2.12. The Morgan fingerprint density at radius 2 is 1.97 bits per heavy atom. The molecule has 0 bridgehead atoms. The Morgan fingerprint density at radius 3 is 2.55 bits per heavy atom. The Labute approximate surface area is 172 Å².